The van der Waals surface area contributed by atoms with Crippen LogP contribution in [0.2, 0.25) is 0 Å². The number of ether oxygens (including phenoxy) is 1. The molecule has 0 unspecified atom stereocenters. The molecule has 0 saturated heterocycles. The van der Waals surface area contributed by atoms with Gasteiger partial charge in [-0.25, -0.2) is 4.39 Å². The van der Waals surface area contributed by atoms with E-state index in [1.807, 2.05) is 0 Å². The molecule has 17 heavy (non-hydrogen) atoms. The summed E-state index contributed by atoms with van der Waals surface area (Å²) < 4.78 is 23.4. The molecule has 1 heterocycles. The summed E-state index contributed by atoms with van der Waals surface area (Å²) >= 11 is 0. The van der Waals surface area contributed by atoms with Gasteiger partial charge in [0, 0.05) is 19.0 Å². The average molecular weight is 237 g/mol. The van der Waals surface area contributed by atoms with Crippen molar-refractivity contribution in [3.8, 4) is 5.75 Å². The lowest BCUT2D eigenvalue weighted by Crippen LogP contribution is -2.02. The van der Waals surface area contributed by atoms with Crippen molar-refractivity contribution in [1.29, 1.82) is 0 Å². The third kappa shape index (κ3) is 3.25. The van der Waals surface area contributed by atoms with Crippen LogP contribution < -0.4 is 10.5 Å². The van der Waals surface area contributed by atoms with Crippen LogP contribution in [0.5, 0.6) is 5.75 Å². The molecular weight excluding hydrogens is 225 g/mol. The van der Waals surface area contributed by atoms with E-state index in [1.165, 1.54) is 12.1 Å². The standard InChI is InChI=1S/C11H12FN3O2/c12-8-2-1-3-9(6-8)16-7-11-15-14-10(17-11)4-5-13/h1-3,6H,4-5,7,13H2. The highest BCUT2D eigenvalue weighted by Gasteiger charge is 2.06. The maximum atomic E-state index is 12.9. The van der Waals surface area contributed by atoms with Gasteiger partial charge in [0.05, 0.1) is 0 Å². The zero-order chi connectivity index (χ0) is 12.1. The number of halogens is 1. The first-order valence-corrected chi connectivity index (χ1v) is 5.17. The Kier molecular flexibility index (Phi) is 3.66. The van der Waals surface area contributed by atoms with Crippen LogP contribution >= 0.6 is 0 Å². The van der Waals surface area contributed by atoms with Crippen LogP contribution in [0.1, 0.15) is 11.8 Å². The SMILES string of the molecule is NCCc1nnc(COc2cccc(F)c2)o1. The molecule has 2 rings (SSSR count). The molecule has 0 aliphatic heterocycles. The summed E-state index contributed by atoms with van der Waals surface area (Å²) in [6.07, 6.45) is 0.535. The van der Waals surface area contributed by atoms with E-state index in [-0.39, 0.29) is 12.4 Å². The largest absolute Gasteiger partial charge is 0.484 e. The van der Waals surface area contributed by atoms with Gasteiger partial charge in [-0.2, -0.15) is 0 Å². The average Bonchev–Trinajstić information content (AvgIpc) is 2.75. The van der Waals surface area contributed by atoms with Gasteiger partial charge in [-0.15, -0.1) is 10.2 Å². The van der Waals surface area contributed by atoms with Gasteiger partial charge in [-0.3, -0.25) is 0 Å². The van der Waals surface area contributed by atoms with Gasteiger partial charge in [0.1, 0.15) is 11.6 Å². The Labute approximate surface area is 97.4 Å². The van der Waals surface area contributed by atoms with Crippen molar-refractivity contribution >= 4 is 0 Å². The molecule has 0 aliphatic rings. The molecular formula is C11H12FN3O2. The molecule has 0 saturated carbocycles. The van der Waals surface area contributed by atoms with Crippen LogP contribution in [0.25, 0.3) is 0 Å². The quantitative estimate of drug-likeness (QED) is 0.848. The monoisotopic (exact) mass is 237 g/mol. The highest BCUT2D eigenvalue weighted by atomic mass is 19.1. The summed E-state index contributed by atoms with van der Waals surface area (Å²) in [5, 5.41) is 7.57. The van der Waals surface area contributed by atoms with Crippen molar-refractivity contribution in [2.24, 2.45) is 5.73 Å². The van der Waals surface area contributed by atoms with Gasteiger partial charge < -0.3 is 14.9 Å². The highest BCUT2D eigenvalue weighted by Crippen LogP contribution is 2.13. The molecule has 0 amide bonds. The minimum atomic E-state index is -0.350. The molecule has 2 aromatic rings. The Morgan fingerprint density at radius 3 is 2.88 bits per heavy atom. The van der Waals surface area contributed by atoms with Gasteiger partial charge in [0.25, 0.3) is 5.89 Å². The molecule has 90 valence electrons. The maximum Gasteiger partial charge on any atom is 0.253 e. The fourth-order valence-corrected chi connectivity index (χ4v) is 1.27. The number of hydrogen-bond donors (Lipinski definition) is 1. The molecule has 1 aromatic heterocycles. The summed E-state index contributed by atoms with van der Waals surface area (Å²) in [7, 11) is 0. The fraction of sp³-hybridized carbons (Fsp3) is 0.273. The summed E-state index contributed by atoms with van der Waals surface area (Å²) in [6.45, 7) is 0.563. The predicted octanol–water partition coefficient (Wildman–Crippen LogP) is 1.29. The second-order valence-electron chi connectivity index (χ2n) is 3.37. The first-order chi connectivity index (χ1) is 8.28. The molecule has 0 aliphatic carbocycles. The van der Waals surface area contributed by atoms with E-state index in [2.05, 4.69) is 10.2 Å². The highest BCUT2D eigenvalue weighted by molar-refractivity contribution is 5.22. The smallest absolute Gasteiger partial charge is 0.253 e. The topological polar surface area (TPSA) is 74.2 Å². The molecule has 1 aromatic carbocycles. The van der Waals surface area contributed by atoms with Gasteiger partial charge in [-0.1, -0.05) is 6.07 Å². The Balaban J connectivity index is 1.93. The number of benzene rings is 1. The van der Waals surface area contributed by atoms with E-state index in [1.54, 1.807) is 12.1 Å². The predicted molar refractivity (Wildman–Crippen MR) is 57.8 cm³/mol. The van der Waals surface area contributed by atoms with Crippen molar-refractivity contribution in [3.63, 3.8) is 0 Å². The summed E-state index contributed by atoms with van der Waals surface area (Å²) in [4.78, 5) is 0. The third-order valence-corrected chi connectivity index (χ3v) is 2.03. The Bertz CT molecular complexity index is 487. The van der Waals surface area contributed by atoms with Gasteiger partial charge in [-0.05, 0) is 12.1 Å². The molecule has 0 fully saturated rings. The summed E-state index contributed by atoms with van der Waals surface area (Å²) in [5.74, 6) is 0.892. The third-order valence-electron chi connectivity index (χ3n) is 2.03. The Morgan fingerprint density at radius 1 is 1.29 bits per heavy atom. The van der Waals surface area contributed by atoms with Crippen LogP contribution in [-0.4, -0.2) is 16.7 Å². The lowest BCUT2D eigenvalue weighted by Gasteiger charge is -2.02. The van der Waals surface area contributed by atoms with E-state index < -0.39 is 0 Å². The van der Waals surface area contributed by atoms with Gasteiger partial charge >= 0.3 is 0 Å². The van der Waals surface area contributed by atoms with Crippen molar-refractivity contribution in [1.82, 2.24) is 10.2 Å². The van der Waals surface area contributed by atoms with E-state index in [9.17, 15) is 4.39 Å². The van der Waals surface area contributed by atoms with Crippen LogP contribution in [0.15, 0.2) is 28.7 Å². The molecule has 6 heteroatoms. The first kappa shape index (κ1) is 11.5. The van der Waals surface area contributed by atoms with Gasteiger partial charge in [0.2, 0.25) is 5.89 Å². The van der Waals surface area contributed by atoms with Crippen molar-refractivity contribution in [2.45, 2.75) is 13.0 Å². The minimum absolute atomic E-state index is 0.112. The fourth-order valence-electron chi connectivity index (χ4n) is 1.27. The van der Waals surface area contributed by atoms with Crippen molar-refractivity contribution in [2.75, 3.05) is 6.54 Å². The van der Waals surface area contributed by atoms with E-state index in [0.29, 0.717) is 30.5 Å². The van der Waals surface area contributed by atoms with Crippen molar-refractivity contribution < 1.29 is 13.5 Å². The summed E-state index contributed by atoms with van der Waals surface area (Å²) in [6, 6.07) is 5.86. The molecule has 0 radical (unpaired) electrons. The molecule has 0 spiro atoms. The molecule has 0 bridgehead atoms. The zero-order valence-electron chi connectivity index (χ0n) is 9.10. The van der Waals surface area contributed by atoms with E-state index in [0.717, 1.165) is 0 Å². The number of rotatable bonds is 5. The second kappa shape index (κ2) is 5.40. The Hall–Kier alpha value is -1.95. The number of nitrogens with zero attached hydrogens (tertiary/aromatic N) is 2. The molecule has 0 atom stereocenters. The minimum Gasteiger partial charge on any atom is -0.484 e. The Morgan fingerprint density at radius 2 is 2.12 bits per heavy atom. The zero-order valence-corrected chi connectivity index (χ0v) is 9.10. The summed E-state index contributed by atoms with van der Waals surface area (Å²) in [5.41, 5.74) is 5.35. The normalized spacial score (nSPS) is 10.5. The van der Waals surface area contributed by atoms with Crippen molar-refractivity contribution in [3.05, 3.63) is 41.9 Å². The number of nitrogens with two attached hydrogens (primary N) is 1. The maximum absolute atomic E-state index is 12.9. The van der Waals surface area contributed by atoms with E-state index in [4.69, 9.17) is 14.9 Å². The van der Waals surface area contributed by atoms with Crippen LogP contribution in [0.3, 0.4) is 0 Å². The van der Waals surface area contributed by atoms with Crippen LogP contribution in [0, 0.1) is 5.82 Å². The van der Waals surface area contributed by atoms with Gasteiger partial charge in [0.15, 0.2) is 6.61 Å². The molecule has 5 nitrogen and oxygen atoms in total. The lowest BCUT2D eigenvalue weighted by atomic mass is 10.3. The van der Waals surface area contributed by atoms with Crippen LogP contribution in [-0.2, 0) is 13.0 Å². The first-order valence-electron chi connectivity index (χ1n) is 5.17. The lowest BCUT2D eigenvalue weighted by molar-refractivity contribution is 0.258. The second-order valence-corrected chi connectivity index (χ2v) is 3.37. The van der Waals surface area contributed by atoms with E-state index >= 15 is 0 Å². The number of aromatic nitrogens is 2. The van der Waals surface area contributed by atoms with Crippen LogP contribution in [0.4, 0.5) is 4.39 Å². The molecule has 2 N–H and O–H groups in total. The number of hydrogen-bond acceptors (Lipinski definition) is 5.